The molecule has 0 bridgehead atoms. The van der Waals surface area contributed by atoms with Crippen LogP contribution in [0.3, 0.4) is 0 Å². The van der Waals surface area contributed by atoms with E-state index in [9.17, 15) is 4.79 Å². The van der Waals surface area contributed by atoms with E-state index < -0.39 is 0 Å². The van der Waals surface area contributed by atoms with E-state index in [0.717, 1.165) is 36.8 Å². The van der Waals surface area contributed by atoms with Crippen molar-refractivity contribution in [3.05, 3.63) is 51.5 Å². The number of aromatic nitrogens is 1. The van der Waals surface area contributed by atoms with E-state index in [-0.39, 0.29) is 18.1 Å². The SMILES string of the molecule is CCOC(C)c1nc(CC(=O)N2CCNCC2c2ccc(CC)cc2)cs1. The fourth-order valence-corrected chi connectivity index (χ4v) is 4.27. The van der Waals surface area contributed by atoms with Crippen LogP contribution in [0.25, 0.3) is 0 Å². The van der Waals surface area contributed by atoms with Gasteiger partial charge in [0.1, 0.15) is 11.1 Å². The number of hydrogen-bond acceptors (Lipinski definition) is 5. The summed E-state index contributed by atoms with van der Waals surface area (Å²) in [5.41, 5.74) is 3.35. The summed E-state index contributed by atoms with van der Waals surface area (Å²) in [6.45, 7) is 9.15. The molecule has 1 fully saturated rings. The maximum absolute atomic E-state index is 13.0. The third kappa shape index (κ3) is 4.94. The number of carbonyl (C=O) groups is 1. The van der Waals surface area contributed by atoms with Gasteiger partial charge in [0, 0.05) is 31.6 Å². The summed E-state index contributed by atoms with van der Waals surface area (Å²) in [4.78, 5) is 19.6. The summed E-state index contributed by atoms with van der Waals surface area (Å²) in [7, 11) is 0. The molecule has 1 amide bonds. The monoisotopic (exact) mass is 387 g/mol. The van der Waals surface area contributed by atoms with Crippen LogP contribution in [-0.2, 0) is 22.4 Å². The molecule has 0 saturated carbocycles. The van der Waals surface area contributed by atoms with Gasteiger partial charge in [0.25, 0.3) is 0 Å². The van der Waals surface area contributed by atoms with Crippen LogP contribution in [0, 0.1) is 0 Å². The molecule has 1 aromatic carbocycles. The largest absolute Gasteiger partial charge is 0.372 e. The van der Waals surface area contributed by atoms with E-state index in [0.29, 0.717) is 13.0 Å². The van der Waals surface area contributed by atoms with Crippen molar-refractivity contribution in [2.24, 2.45) is 0 Å². The maximum atomic E-state index is 13.0. The van der Waals surface area contributed by atoms with Crippen molar-refractivity contribution in [2.45, 2.75) is 45.8 Å². The van der Waals surface area contributed by atoms with Crippen LogP contribution in [0.15, 0.2) is 29.6 Å². The first-order chi connectivity index (χ1) is 13.1. The minimum Gasteiger partial charge on any atom is -0.372 e. The van der Waals surface area contributed by atoms with Gasteiger partial charge in [0.2, 0.25) is 5.91 Å². The molecule has 2 aromatic rings. The predicted molar refractivity (Wildman–Crippen MR) is 109 cm³/mol. The van der Waals surface area contributed by atoms with E-state index in [1.807, 2.05) is 24.1 Å². The molecule has 1 aromatic heterocycles. The third-order valence-corrected chi connectivity index (χ3v) is 6.06. The van der Waals surface area contributed by atoms with E-state index in [1.165, 1.54) is 11.1 Å². The number of aryl methyl sites for hydroxylation is 1. The first-order valence-corrected chi connectivity index (χ1v) is 10.6. The molecular weight excluding hydrogens is 358 g/mol. The van der Waals surface area contributed by atoms with E-state index in [4.69, 9.17) is 4.74 Å². The summed E-state index contributed by atoms with van der Waals surface area (Å²) < 4.78 is 5.60. The first-order valence-electron chi connectivity index (χ1n) is 9.77. The van der Waals surface area contributed by atoms with Crippen molar-refractivity contribution in [3.8, 4) is 0 Å². The summed E-state index contributed by atoms with van der Waals surface area (Å²) in [5.74, 6) is 0.141. The highest BCUT2D eigenvalue weighted by Gasteiger charge is 2.28. The molecule has 1 saturated heterocycles. The molecule has 2 atom stereocenters. The third-order valence-electron chi connectivity index (χ3n) is 5.00. The number of ether oxygens (including phenoxy) is 1. The highest BCUT2D eigenvalue weighted by molar-refractivity contribution is 7.09. The second-order valence-corrected chi connectivity index (χ2v) is 7.74. The molecule has 1 aliphatic heterocycles. The van der Waals surface area contributed by atoms with E-state index in [2.05, 4.69) is 41.5 Å². The van der Waals surface area contributed by atoms with Gasteiger partial charge in [-0.2, -0.15) is 0 Å². The van der Waals surface area contributed by atoms with Crippen molar-refractivity contribution in [1.82, 2.24) is 15.2 Å². The Morgan fingerprint density at radius 2 is 2.15 bits per heavy atom. The second-order valence-electron chi connectivity index (χ2n) is 6.85. The molecule has 27 heavy (non-hydrogen) atoms. The van der Waals surface area contributed by atoms with Gasteiger partial charge in [-0.25, -0.2) is 4.98 Å². The quantitative estimate of drug-likeness (QED) is 0.790. The molecule has 0 aliphatic carbocycles. The summed E-state index contributed by atoms with van der Waals surface area (Å²) >= 11 is 1.57. The standard InChI is InChI=1S/C21H29N3O2S/c1-4-16-6-8-17(9-7-16)19-13-22-10-11-24(19)20(25)12-18-14-27-21(23-18)15(3)26-5-2/h6-9,14-15,19,22H,4-5,10-13H2,1-3H3. The Morgan fingerprint density at radius 1 is 1.37 bits per heavy atom. The zero-order chi connectivity index (χ0) is 19.2. The Kier molecular flexibility index (Phi) is 6.99. The van der Waals surface area contributed by atoms with Gasteiger partial charge in [-0.05, 0) is 31.4 Å². The van der Waals surface area contributed by atoms with Gasteiger partial charge in [-0.3, -0.25) is 4.79 Å². The lowest BCUT2D eigenvalue weighted by atomic mass is 10.0. The summed E-state index contributed by atoms with van der Waals surface area (Å²) in [6, 6.07) is 8.71. The number of hydrogen-bond donors (Lipinski definition) is 1. The Morgan fingerprint density at radius 3 is 2.85 bits per heavy atom. The lowest BCUT2D eigenvalue weighted by Crippen LogP contribution is -2.49. The van der Waals surface area contributed by atoms with Gasteiger partial charge in [0.15, 0.2) is 0 Å². The molecule has 1 N–H and O–H groups in total. The number of amides is 1. The van der Waals surface area contributed by atoms with Crippen molar-refractivity contribution in [1.29, 1.82) is 0 Å². The van der Waals surface area contributed by atoms with Gasteiger partial charge < -0.3 is 15.0 Å². The van der Waals surface area contributed by atoms with Crippen LogP contribution >= 0.6 is 11.3 Å². The molecule has 2 heterocycles. The average molecular weight is 388 g/mol. The molecule has 6 heteroatoms. The lowest BCUT2D eigenvalue weighted by Gasteiger charge is -2.36. The van der Waals surface area contributed by atoms with Crippen LogP contribution in [0.2, 0.25) is 0 Å². The van der Waals surface area contributed by atoms with Crippen LogP contribution in [0.4, 0.5) is 0 Å². The average Bonchev–Trinajstić information content (AvgIpc) is 3.17. The Labute approximate surface area is 165 Å². The fourth-order valence-electron chi connectivity index (χ4n) is 3.44. The zero-order valence-corrected chi connectivity index (χ0v) is 17.2. The van der Waals surface area contributed by atoms with Crippen LogP contribution in [0.1, 0.15) is 54.7 Å². The molecular formula is C21H29N3O2S. The van der Waals surface area contributed by atoms with Gasteiger partial charge >= 0.3 is 0 Å². The fraction of sp³-hybridized carbons (Fsp3) is 0.524. The van der Waals surface area contributed by atoms with Gasteiger partial charge in [-0.15, -0.1) is 11.3 Å². The van der Waals surface area contributed by atoms with Crippen LogP contribution in [0.5, 0.6) is 0 Å². The smallest absolute Gasteiger partial charge is 0.229 e. The highest BCUT2D eigenvalue weighted by Crippen LogP contribution is 2.25. The topological polar surface area (TPSA) is 54.5 Å². The Bertz CT molecular complexity index is 744. The Balaban J connectivity index is 1.69. The number of thiazole rings is 1. The minimum absolute atomic E-state index is 0.0205. The molecule has 0 spiro atoms. The molecule has 3 rings (SSSR count). The van der Waals surface area contributed by atoms with Crippen molar-refractivity contribution < 1.29 is 9.53 Å². The van der Waals surface area contributed by atoms with Crippen LogP contribution < -0.4 is 5.32 Å². The Hall–Kier alpha value is -1.76. The number of nitrogens with zero attached hydrogens (tertiary/aromatic N) is 2. The normalized spacial score (nSPS) is 18.5. The van der Waals surface area contributed by atoms with Gasteiger partial charge in [0.05, 0.1) is 18.2 Å². The number of rotatable bonds is 7. The second kappa shape index (κ2) is 9.44. The number of nitrogens with one attached hydrogen (secondary N) is 1. The van der Waals surface area contributed by atoms with E-state index >= 15 is 0 Å². The molecule has 2 unspecified atom stereocenters. The first kappa shape index (κ1) is 20.0. The van der Waals surface area contributed by atoms with Crippen molar-refractivity contribution in [2.75, 3.05) is 26.2 Å². The zero-order valence-electron chi connectivity index (χ0n) is 16.4. The number of piperazine rings is 1. The number of carbonyl (C=O) groups excluding carboxylic acids is 1. The van der Waals surface area contributed by atoms with Crippen molar-refractivity contribution in [3.63, 3.8) is 0 Å². The van der Waals surface area contributed by atoms with Crippen LogP contribution in [-0.4, -0.2) is 42.0 Å². The molecule has 0 radical (unpaired) electrons. The summed E-state index contributed by atoms with van der Waals surface area (Å²) in [5, 5.41) is 6.34. The van der Waals surface area contributed by atoms with E-state index in [1.54, 1.807) is 11.3 Å². The summed E-state index contributed by atoms with van der Waals surface area (Å²) in [6.07, 6.45) is 1.35. The number of benzene rings is 1. The molecule has 5 nitrogen and oxygen atoms in total. The predicted octanol–water partition coefficient (Wildman–Crippen LogP) is 3.52. The minimum atomic E-state index is -0.0205. The van der Waals surface area contributed by atoms with Gasteiger partial charge in [-0.1, -0.05) is 31.2 Å². The highest BCUT2D eigenvalue weighted by atomic mass is 32.1. The molecule has 146 valence electrons. The molecule has 1 aliphatic rings. The lowest BCUT2D eigenvalue weighted by molar-refractivity contribution is -0.133. The van der Waals surface area contributed by atoms with Crippen molar-refractivity contribution >= 4 is 17.2 Å². The maximum Gasteiger partial charge on any atom is 0.229 e.